The van der Waals surface area contributed by atoms with E-state index in [1.807, 2.05) is 0 Å². The zero-order chi connectivity index (χ0) is 13.6. The minimum Gasteiger partial charge on any atom is -0.374 e. The average Bonchev–Trinajstić information content (AvgIpc) is 2.55. The number of benzene rings is 2. The Balaban J connectivity index is 1.47. The van der Waals surface area contributed by atoms with Crippen molar-refractivity contribution in [3.8, 4) is 0 Å². The SMILES string of the molecule is c1ccc(COC2CCC(c3ccccc3)CC2)cc1. The molecule has 2 aromatic carbocycles. The molecule has 0 N–H and O–H groups in total. The molecule has 0 saturated heterocycles. The summed E-state index contributed by atoms with van der Waals surface area (Å²) < 4.78 is 6.05. The van der Waals surface area contributed by atoms with Crippen LogP contribution in [-0.2, 0) is 11.3 Å². The van der Waals surface area contributed by atoms with E-state index in [-0.39, 0.29) is 0 Å². The van der Waals surface area contributed by atoms with Crippen molar-refractivity contribution in [1.29, 1.82) is 0 Å². The lowest BCUT2D eigenvalue weighted by atomic mass is 9.83. The molecule has 0 heterocycles. The molecule has 0 atom stereocenters. The number of hydrogen-bond acceptors (Lipinski definition) is 1. The van der Waals surface area contributed by atoms with Crippen LogP contribution in [0, 0.1) is 0 Å². The fourth-order valence-electron chi connectivity index (χ4n) is 3.08. The summed E-state index contributed by atoms with van der Waals surface area (Å²) in [5, 5.41) is 0. The predicted molar refractivity (Wildman–Crippen MR) is 82.7 cm³/mol. The van der Waals surface area contributed by atoms with E-state index in [1.165, 1.54) is 36.8 Å². The maximum Gasteiger partial charge on any atom is 0.0720 e. The Morgan fingerprint density at radius 2 is 1.35 bits per heavy atom. The van der Waals surface area contributed by atoms with Gasteiger partial charge in [0, 0.05) is 0 Å². The summed E-state index contributed by atoms with van der Waals surface area (Å²) >= 11 is 0. The normalized spacial score (nSPS) is 22.6. The van der Waals surface area contributed by atoms with E-state index in [0.29, 0.717) is 6.10 Å². The van der Waals surface area contributed by atoms with E-state index in [0.717, 1.165) is 12.5 Å². The molecule has 0 bridgehead atoms. The summed E-state index contributed by atoms with van der Waals surface area (Å²) in [4.78, 5) is 0. The molecular formula is C19H22O. The van der Waals surface area contributed by atoms with Crippen LogP contribution in [0.1, 0.15) is 42.7 Å². The van der Waals surface area contributed by atoms with Crippen LogP contribution in [-0.4, -0.2) is 6.10 Å². The van der Waals surface area contributed by atoms with Crippen LogP contribution < -0.4 is 0 Å². The van der Waals surface area contributed by atoms with Gasteiger partial charge in [0.1, 0.15) is 0 Å². The summed E-state index contributed by atoms with van der Waals surface area (Å²) in [6.45, 7) is 0.751. The van der Waals surface area contributed by atoms with Gasteiger partial charge in [0.2, 0.25) is 0 Å². The molecule has 1 saturated carbocycles. The highest BCUT2D eigenvalue weighted by molar-refractivity contribution is 5.20. The van der Waals surface area contributed by atoms with Gasteiger partial charge in [-0.3, -0.25) is 0 Å². The lowest BCUT2D eigenvalue weighted by Crippen LogP contribution is -2.20. The van der Waals surface area contributed by atoms with Gasteiger partial charge in [-0.05, 0) is 42.7 Å². The van der Waals surface area contributed by atoms with Crippen molar-refractivity contribution >= 4 is 0 Å². The lowest BCUT2D eigenvalue weighted by Gasteiger charge is -2.28. The third-order valence-electron chi connectivity index (χ3n) is 4.27. The number of rotatable bonds is 4. The molecule has 1 fully saturated rings. The highest BCUT2D eigenvalue weighted by Crippen LogP contribution is 2.34. The molecule has 104 valence electrons. The molecule has 0 aliphatic heterocycles. The third kappa shape index (κ3) is 3.49. The summed E-state index contributed by atoms with van der Waals surface area (Å²) in [7, 11) is 0. The Kier molecular flexibility index (Phi) is 4.49. The van der Waals surface area contributed by atoms with Crippen LogP contribution in [0.2, 0.25) is 0 Å². The molecule has 0 aromatic heterocycles. The van der Waals surface area contributed by atoms with Crippen molar-refractivity contribution < 1.29 is 4.74 Å². The molecule has 0 amide bonds. The first-order valence-corrected chi connectivity index (χ1v) is 7.62. The van der Waals surface area contributed by atoms with Crippen molar-refractivity contribution in [2.24, 2.45) is 0 Å². The first-order valence-electron chi connectivity index (χ1n) is 7.62. The third-order valence-corrected chi connectivity index (χ3v) is 4.27. The van der Waals surface area contributed by atoms with E-state index in [9.17, 15) is 0 Å². The van der Waals surface area contributed by atoms with Gasteiger partial charge >= 0.3 is 0 Å². The Hall–Kier alpha value is -1.60. The zero-order valence-electron chi connectivity index (χ0n) is 11.9. The van der Waals surface area contributed by atoms with Crippen molar-refractivity contribution in [1.82, 2.24) is 0 Å². The predicted octanol–water partition coefficient (Wildman–Crippen LogP) is 4.93. The van der Waals surface area contributed by atoms with Gasteiger partial charge in [-0.2, -0.15) is 0 Å². The fraction of sp³-hybridized carbons (Fsp3) is 0.368. The summed E-state index contributed by atoms with van der Waals surface area (Å²) in [5.74, 6) is 0.729. The van der Waals surface area contributed by atoms with E-state index in [2.05, 4.69) is 60.7 Å². The van der Waals surface area contributed by atoms with E-state index < -0.39 is 0 Å². The van der Waals surface area contributed by atoms with Crippen molar-refractivity contribution in [3.05, 3.63) is 71.8 Å². The van der Waals surface area contributed by atoms with Gasteiger partial charge in [-0.15, -0.1) is 0 Å². The van der Waals surface area contributed by atoms with Gasteiger partial charge in [0.15, 0.2) is 0 Å². The maximum absolute atomic E-state index is 6.05. The number of hydrogen-bond donors (Lipinski definition) is 0. The van der Waals surface area contributed by atoms with Crippen LogP contribution in [0.15, 0.2) is 60.7 Å². The molecule has 3 rings (SSSR count). The topological polar surface area (TPSA) is 9.23 Å². The molecule has 1 nitrogen and oxygen atoms in total. The minimum atomic E-state index is 0.440. The lowest BCUT2D eigenvalue weighted by molar-refractivity contribution is 0.0133. The molecule has 0 spiro atoms. The van der Waals surface area contributed by atoms with E-state index in [4.69, 9.17) is 4.74 Å². The monoisotopic (exact) mass is 266 g/mol. The Bertz CT molecular complexity index is 498. The highest BCUT2D eigenvalue weighted by atomic mass is 16.5. The second kappa shape index (κ2) is 6.71. The van der Waals surface area contributed by atoms with Gasteiger partial charge in [0.05, 0.1) is 12.7 Å². The quantitative estimate of drug-likeness (QED) is 0.762. The van der Waals surface area contributed by atoms with Crippen LogP contribution in [0.25, 0.3) is 0 Å². The summed E-state index contributed by atoms with van der Waals surface area (Å²) in [6, 6.07) is 21.4. The van der Waals surface area contributed by atoms with Crippen molar-refractivity contribution in [2.45, 2.75) is 44.3 Å². The second-order valence-corrected chi connectivity index (χ2v) is 5.68. The minimum absolute atomic E-state index is 0.440. The molecule has 1 aliphatic carbocycles. The maximum atomic E-state index is 6.05. The highest BCUT2D eigenvalue weighted by Gasteiger charge is 2.22. The smallest absolute Gasteiger partial charge is 0.0720 e. The molecule has 20 heavy (non-hydrogen) atoms. The van der Waals surface area contributed by atoms with Crippen molar-refractivity contribution in [3.63, 3.8) is 0 Å². The second-order valence-electron chi connectivity index (χ2n) is 5.68. The van der Waals surface area contributed by atoms with Gasteiger partial charge < -0.3 is 4.74 Å². The van der Waals surface area contributed by atoms with Gasteiger partial charge in [-0.25, -0.2) is 0 Å². The van der Waals surface area contributed by atoms with Crippen LogP contribution in [0.5, 0.6) is 0 Å². The fourth-order valence-corrected chi connectivity index (χ4v) is 3.08. The molecule has 1 aliphatic rings. The Morgan fingerprint density at radius 1 is 0.750 bits per heavy atom. The Morgan fingerprint density at radius 3 is 2.00 bits per heavy atom. The largest absolute Gasteiger partial charge is 0.374 e. The summed E-state index contributed by atoms with van der Waals surface area (Å²) in [6.07, 6.45) is 5.32. The molecule has 2 aromatic rings. The van der Waals surface area contributed by atoms with Crippen LogP contribution in [0.4, 0.5) is 0 Å². The first-order chi connectivity index (χ1) is 9.92. The Labute approximate surface area is 121 Å². The van der Waals surface area contributed by atoms with E-state index >= 15 is 0 Å². The molecule has 1 heteroatoms. The molecule has 0 unspecified atom stereocenters. The van der Waals surface area contributed by atoms with E-state index in [1.54, 1.807) is 0 Å². The van der Waals surface area contributed by atoms with Crippen LogP contribution in [0.3, 0.4) is 0 Å². The molecular weight excluding hydrogens is 244 g/mol. The zero-order valence-corrected chi connectivity index (χ0v) is 11.9. The van der Waals surface area contributed by atoms with Crippen LogP contribution >= 0.6 is 0 Å². The van der Waals surface area contributed by atoms with Gasteiger partial charge in [-0.1, -0.05) is 60.7 Å². The van der Waals surface area contributed by atoms with Gasteiger partial charge in [0.25, 0.3) is 0 Å². The van der Waals surface area contributed by atoms with Crippen molar-refractivity contribution in [2.75, 3.05) is 0 Å². The first kappa shape index (κ1) is 13.4. The standard InChI is InChI=1S/C19H22O/c1-3-7-16(8-4-1)15-20-19-13-11-18(12-14-19)17-9-5-2-6-10-17/h1-10,18-19H,11-15H2. The average molecular weight is 266 g/mol. The molecule has 0 radical (unpaired) electrons. The number of ether oxygens (including phenoxy) is 1. The summed E-state index contributed by atoms with van der Waals surface area (Å²) in [5.41, 5.74) is 2.77.